The molecule has 2 atom stereocenters. The van der Waals surface area contributed by atoms with Crippen LogP contribution in [0.2, 0.25) is 15.1 Å². The number of nitrogens with zero attached hydrogens (tertiary/aromatic N) is 2. The van der Waals surface area contributed by atoms with Crippen molar-refractivity contribution >= 4 is 55.1 Å². The summed E-state index contributed by atoms with van der Waals surface area (Å²) in [6, 6.07) is 9.96. The summed E-state index contributed by atoms with van der Waals surface area (Å²) in [6.07, 6.45) is 5.77. The van der Waals surface area contributed by atoms with Gasteiger partial charge in [-0.3, -0.25) is 0 Å². The molecule has 36 heavy (non-hydrogen) atoms. The van der Waals surface area contributed by atoms with E-state index in [1.54, 1.807) is 18.2 Å². The van der Waals surface area contributed by atoms with Crippen LogP contribution in [0.1, 0.15) is 36.5 Å². The van der Waals surface area contributed by atoms with Crippen LogP contribution in [-0.4, -0.2) is 22.8 Å². The third-order valence-electron chi connectivity index (χ3n) is 6.07. The molecule has 4 rings (SSSR count). The van der Waals surface area contributed by atoms with Crippen LogP contribution in [0.4, 0.5) is 8.78 Å². The van der Waals surface area contributed by atoms with E-state index in [2.05, 4.69) is 18.4 Å². The van der Waals surface area contributed by atoms with Crippen molar-refractivity contribution in [2.75, 3.05) is 13.3 Å². The van der Waals surface area contributed by atoms with Gasteiger partial charge in [0.1, 0.15) is 5.82 Å². The maximum absolute atomic E-state index is 14.5. The molecule has 3 aromatic rings. The maximum Gasteiger partial charge on any atom is 0.169 e. The number of allylic oxidation sites excluding steroid dienone is 3. The molecule has 2 heterocycles. The molecule has 0 saturated heterocycles. The molecule has 1 aliphatic heterocycles. The van der Waals surface area contributed by atoms with Crippen LogP contribution in [0.5, 0.6) is 0 Å². The molecule has 0 radical (unpaired) electrons. The number of aromatic nitrogens is 2. The highest BCUT2D eigenvalue weighted by molar-refractivity contribution is 7.98. The molecule has 0 saturated carbocycles. The van der Waals surface area contributed by atoms with Crippen LogP contribution in [0, 0.1) is 5.82 Å². The lowest BCUT2D eigenvalue weighted by Crippen LogP contribution is -2.24. The summed E-state index contributed by atoms with van der Waals surface area (Å²) in [5.74, 6) is -0.242. The first kappa shape index (κ1) is 27.5. The van der Waals surface area contributed by atoms with Gasteiger partial charge in [0.2, 0.25) is 0 Å². The maximum atomic E-state index is 14.5. The summed E-state index contributed by atoms with van der Waals surface area (Å²) in [5.41, 5.74) is 2.19. The largest absolute Gasteiger partial charge is 0.494 e. The Labute approximate surface area is 230 Å². The number of hydrogen-bond donors (Lipinski definition) is 0. The molecule has 0 amide bonds. The van der Waals surface area contributed by atoms with Crippen LogP contribution in [0.25, 0.3) is 0 Å². The third kappa shape index (κ3) is 5.79. The summed E-state index contributed by atoms with van der Waals surface area (Å²) in [6.45, 7) is 4.18. The van der Waals surface area contributed by atoms with E-state index < -0.39 is 5.41 Å². The second-order valence-corrected chi connectivity index (χ2v) is 12.3. The number of thioether (sulfide) groups is 1. The lowest BCUT2D eigenvalue weighted by atomic mass is 9.81. The van der Waals surface area contributed by atoms with Crippen LogP contribution in [0.3, 0.4) is 0 Å². The van der Waals surface area contributed by atoms with E-state index in [0.29, 0.717) is 35.6 Å². The first-order chi connectivity index (χ1) is 17.1. The minimum atomic E-state index is -0.503. The first-order valence-electron chi connectivity index (χ1n) is 11.1. The highest BCUT2D eigenvalue weighted by atomic mass is 35.5. The third-order valence-corrected chi connectivity index (χ3v) is 9.46. The molecule has 0 N–H and O–H groups in total. The minimum Gasteiger partial charge on any atom is -0.494 e. The van der Waals surface area contributed by atoms with Gasteiger partial charge in [0.05, 0.1) is 29.1 Å². The molecule has 0 spiro atoms. The van der Waals surface area contributed by atoms with Crippen molar-refractivity contribution in [1.82, 2.24) is 9.55 Å². The number of hydrogen-bond acceptors (Lipinski definition) is 3. The van der Waals surface area contributed by atoms with Gasteiger partial charge >= 0.3 is 0 Å². The molecule has 2 unspecified atom stereocenters. The van der Waals surface area contributed by atoms with Crippen molar-refractivity contribution in [2.24, 2.45) is 0 Å². The lowest BCUT2D eigenvalue weighted by molar-refractivity contribution is 0.280. The van der Waals surface area contributed by atoms with Gasteiger partial charge in [-0.25, -0.2) is 13.8 Å². The van der Waals surface area contributed by atoms with E-state index in [4.69, 9.17) is 44.5 Å². The summed E-state index contributed by atoms with van der Waals surface area (Å²) < 4.78 is 35.5. The Bertz CT molecular complexity index is 1340. The number of imidazole rings is 1. The van der Waals surface area contributed by atoms with Crippen LogP contribution >= 0.6 is 55.1 Å². The fourth-order valence-corrected chi connectivity index (χ4v) is 6.95. The van der Waals surface area contributed by atoms with Gasteiger partial charge in [0, 0.05) is 21.9 Å². The van der Waals surface area contributed by atoms with Crippen molar-refractivity contribution in [1.29, 1.82) is 0 Å². The van der Waals surface area contributed by atoms with Gasteiger partial charge in [0.15, 0.2) is 16.7 Å². The number of rotatable bonds is 7. The highest BCUT2D eigenvalue weighted by Gasteiger charge is 2.32. The van der Waals surface area contributed by atoms with Crippen molar-refractivity contribution < 1.29 is 13.5 Å². The molecule has 3 nitrogen and oxygen atoms in total. The summed E-state index contributed by atoms with van der Waals surface area (Å²) in [5, 5.41) is 2.06. The van der Waals surface area contributed by atoms with Crippen molar-refractivity contribution in [2.45, 2.75) is 36.0 Å². The number of methoxy groups -OCH3 is 1. The molecule has 0 bridgehead atoms. The number of benzene rings is 2. The second kappa shape index (κ2) is 11.4. The Hall–Kier alpha value is -1.56. The zero-order chi connectivity index (χ0) is 26.0. The Morgan fingerprint density at radius 2 is 1.89 bits per heavy atom. The average Bonchev–Trinajstić information content (AvgIpc) is 3.18. The lowest BCUT2D eigenvalue weighted by Gasteiger charge is -2.30. The Morgan fingerprint density at radius 3 is 2.58 bits per heavy atom. The molecule has 0 fully saturated rings. The van der Waals surface area contributed by atoms with Crippen molar-refractivity contribution in [3.05, 3.63) is 104 Å². The van der Waals surface area contributed by atoms with Crippen LogP contribution < -0.4 is 0 Å². The Balaban J connectivity index is 1.79. The van der Waals surface area contributed by atoms with Crippen LogP contribution in [-0.2, 0) is 15.9 Å². The van der Waals surface area contributed by atoms with Crippen LogP contribution in [0.15, 0.2) is 71.5 Å². The number of halogens is 5. The first-order valence-corrected chi connectivity index (χ1v) is 14.5. The molecular weight excluding hydrogens is 564 g/mol. The molecule has 1 aliphatic rings. The molecule has 2 aromatic carbocycles. The normalized spacial score (nSPS) is 17.1. The van der Waals surface area contributed by atoms with E-state index in [-0.39, 0.29) is 23.2 Å². The Kier molecular flexibility index (Phi) is 8.74. The predicted octanol–water partition coefficient (Wildman–Crippen LogP) is 9.17. The van der Waals surface area contributed by atoms with Crippen molar-refractivity contribution in [3.63, 3.8) is 0 Å². The van der Waals surface area contributed by atoms with E-state index in [0.717, 1.165) is 22.0 Å². The van der Waals surface area contributed by atoms with Gasteiger partial charge in [-0.05, 0) is 53.7 Å². The van der Waals surface area contributed by atoms with Gasteiger partial charge in [-0.15, -0.1) is 0 Å². The summed E-state index contributed by atoms with van der Waals surface area (Å²) in [4.78, 5) is 4.76. The van der Waals surface area contributed by atoms with E-state index >= 15 is 0 Å². The second-order valence-electron chi connectivity index (χ2n) is 8.71. The van der Waals surface area contributed by atoms with E-state index in [1.807, 2.05) is 24.4 Å². The van der Waals surface area contributed by atoms with Gasteiger partial charge in [0.25, 0.3) is 0 Å². The standard InChI is InChI=1S/C26H24Cl3F2N2OPS/c1-26(2,16-5-7-18(27)20(29)10-16)23-13-32-25(36-14-15-4-6-17(30)11-19(15)28)33(23)24-12-22(34-3)21(31)8-9-35-24/h4-8,10-13,24,35H,9,14H2,1-3H3. The SMILES string of the molecule is COC1=CC(n2c(C(C)(C)c3ccc(Cl)c(Cl)c3)cnc2SCc2ccc(F)cc2Cl)PCC=C1F. The zero-order valence-electron chi connectivity index (χ0n) is 19.8. The fourth-order valence-electron chi connectivity index (χ4n) is 3.98. The predicted molar refractivity (Wildman–Crippen MR) is 148 cm³/mol. The molecule has 0 aliphatic carbocycles. The topological polar surface area (TPSA) is 27.1 Å². The van der Waals surface area contributed by atoms with Gasteiger partial charge in [-0.1, -0.05) is 81.1 Å². The average molecular weight is 588 g/mol. The highest BCUT2D eigenvalue weighted by Crippen LogP contribution is 2.44. The summed E-state index contributed by atoms with van der Waals surface area (Å²) >= 11 is 20.3. The smallest absolute Gasteiger partial charge is 0.169 e. The van der Waals surface area contributed by atoms with E-state index in [1.165, 1.54) is 31.0 Å². The fraction of sp³-hybridized carbons (Fsp3) is 0.269. The van der Waals surface area contributed by atoms with Gasteiger partial charge in [-0.2, -0.15) is 0 Å². The zero-order valence-corrected chi connectivity index (χ0v) is 23.9. The Morgan fingerprint density at radius 1 is 1.11 bits per heavy atom. The van der Waals surface area contributed by atoms with E-state index in [9.17, 15) is 8.78 Å². The summed E-state index contributed by atoms with van der Waals surface area (Å²) in [7, 11) is 1.83. The van der Waals surface area contributed by atoms with Crippen molar-refractivity contribution in [3.8, 4) is 0 Å². The molecular formula is C26H24Cl3F2N2OPS. The minimum absolute atomic E-state index is 0.185. The molecule has 190 valence electrons. The molecule has 1 aromatic heterocycles. The number of ether oxygens (including phenoxy) is 1. The quantitative estimate of drug-likeness (QED) is 0.204. The van der Waals surface area contributed by atoms with Gasteiger partial charge < -0.3 is 9.30 Å². The molecule has 10 heteroatoms. The monoisotopic (exact) mass is 586 g/mol.